The first-order valence-corrected chi connectivity index (χ1v) is 14.6. The van der Waals surface area contributed by atoms with Crippen LogP contribution in [-0.4, -0.2) is 37.7 Å². The summed E-state index contributed by atoms with van der Waals surface area (Å²) in [6.07, 6.45) is 3.12. The topological polar surface area (TPSA) is 97.6 Å². The van der Waals surface area contributed by atoms with Gasteiger partial charge in [-0.3, -0.25) is 9.36 Å². The molecule has 0 bridgehead atoms. The largest absolute Gasteiger partial charge is 0.492 e. The minimum Gasteiger partial charge on any atom is -0.492 e. The number of methoxy groups -OCH3 is 1. The number of carbonyl (C=O) groups is 1. The van der Waals surface area contributed by atoms with Crippen LogP contribution in [0.2, 0.25) is 0 Å². The molecule has 1 aromatic heterocycles. The normalized spacial score (nSPS) is 16.0. The van der Waals surface area contributed by atoms with E-state index >= 15 is 0 Å². The lowest BCUT2D eigenvalue weighted by molar-refractivity contribution is -0.139. The monoisotopic (exact) mass is 628 g/mol. The van der Waals surface area contributed by atoms with Gasteiger partial charge >= 0.3 is 5.97 Å². The molecule has 2 aromatic carbocycles. The van der Waals surface area contributed by atoms with Crippen molar-refractivity contribution in [3.05, 3.63) is 76.9 Å². The number of thiazole rings is 1. The van der Waals surface area contributed by atoms with E-state index in [0.29, 0.717) is 66.7 Å². The first kappa shape index (κ1) is 28.0. The molecule has 0 unspecified atom stereocenters. The fourth-order valence-electron chi connectivity index (χ4n) is 4.80. The number of esters is 1. The Balaban J connectivity index is 1.73. The number of benzene rings is 2. The summed E-state index contributed by atoms with van der Waals surface area (Å²) in [4.78, 5) is 32.7. The zero-order chi connectivity index (χ0) is 28.4. The lowest BCUT2D eigenvalue weighted by Gasteiger charge is -2.25. The molecule has 0 amide bonds. The third kappa shape index (κ3) is 5.15. The number of halogens is 1. The van der Waals surface area contributed by atoms with Crippen molar-refractivity contribution < 1.29 is 28.5 Å². The van der Waals surface area contributed by atoms with Crippen LogP contribution in [0.1, 0.15) is 50.8 Å². The molecule has 0 spiro atoms. The van der Waals surface area contributed by atoms with Gasteiger partial charge in [-0.1, -0.05) is 30.7 Å². The van der Waals surface area contributed by atoms with E-state index in [9.17, 15) is 9.59 Å². The standard InChI is InChI=1S/C29H29BrN2O7S/c1-5-8-19-24(28(34)37-7-3)25(17-9-10-20-21(14-17)39-15-38-20)32-27(33)23(40-29(32)31-19)13-16-11-18(30)26(35-4)22(12-16)36-6-2/h9-14,25H,5-8,15H2,1-4H3/b23-13-/t25-/m0/s1. The van der Waals surface area contributed by atoms with Crippen LogP contribution in [0.15, 0.2) is 55.9 Å². The number of fused-ring (bicyclic) bond motifs is 2. The smallest absolute Gasteiger partial charge is 0.338 e. The van der Waals surface area contributed by atoms with Crippen molar-refractivity contribution >= 4 is 39.3 Å². The van der Waals surface area contributed by atoms with Crippen LogP contribution in [0.4, 0.5) is 0 Å². The molecule has 0 radical (unpaired) electrons. The first-order chi connectivity index (χ1) is 19.4. The Morgan fingerprint density at radius 1 is 1.18 bits per heavy atom. The highest BCUT2D eigenvalue weighted by Crippen LogP contribution is 2.39. The number of hydrogen-bond acceptors (Lipinski definition) is 9. The van der Waals surface area contributed by atoms with Crippen LogP contribution in [0.3, 0.4) is 0 Å². The second-order valence-electron chi connectivity index (χ2n) is 8.99. The van der Waals surface area contributed by atoms with Gasteiger partial charge in [0.15, 0.2) is 27.8 Å². The Morgan fingerprint density at radius 3 is 2.70 bits per heavy atom. The average Bonchev–Trinajstić information content (AvgIpc) is 3.52. The number of aromatic nitrogens is 1. The molecule has 40 heavy (non-hydrogen) atoms. The number of carbonyl (C=O) groups excluding carboxylic acids is 1. The molecule has 5 rings (SSSR count). The van der Waals surface area contributed by atoms with Crippen molar-refractivity contribution in [3.63, 3.8) is 0 Å². The lowest BCUT2D eigenvalue weighted by atomic mass is 9.94. The first-order valence-electron chi connectivity index (χ1n) is 13.0. The Morgan fingerprint density at radius 2 is 1.98 bits per heavy atom. The molecule has 210 valence electrons. The van der Waals surface area contributed by atoms with E-state index < -0.39 is 12.0 Å². The maximum absolute atomic E-state index is 14.0. The van der Waals surface area contributed by atoms with Crippen LogP contribution < -0.4 is 33.8 Å². The lowest BCUT2D eigenvalue weighted by Crippen LogP contribution is -2.40. The van der Waals surface area contributed by atoms with Crippen LogP contribution in [0, 0.1) is 0 Å². The molecule has 0 fully saturated rings. The molecular formula is C29H29BrN2O7S. The zero-order valence-corrected chi connectivity index (χ0v) is 25.0. The molecule has 0 aliphatic carbocycles. The molecule has 0 saturated heterocycles. The van der Waals surface area contributed by atoms with Gasteiger partial charge in [0.1, 0.15) is 0 Å². The quantitative estimate of drug-likeness (QED) is 0.322. The summed E-state index contributed by atoms with van der Waals surface area (Å²) in [5.41, 5.74) is 2.15. The molecule has 2 aliphatic heterocycles. The summed E-state index contributed by atoms with van der Waals surface area (Å²) < 4.78 is 30.5. The maximum Gasteiger partial charge on any atom is 0.338 e. The Labute approximate surface area is 243 Å². The van der Waals surface area contributed by atoms with Crippen molar-refractivity contribution in [1.82, 2.24) is 4.57 Å². The van der Waals surface area contributed by atoms with E-state index in [1.807, 2.05) is 38.1 Å². The van der Waals surface area contributed by atoms with Crippen LogP contribution >= 0.6 is 27.3 Å². The summed E-state index contributed by atoms with van der Waals surface area (Å²) in [6, 6.07) is 8.40. The third-order valence-corrected chi connectivity index (χ3v) is 8.01. The van der Waals surface area contributed by atoms with Gasteiger partial charge in [0.2, 0.25) is 6.79 Å². The van der Waals surface area contributed by atoms with Crippen molar-refractivity contribution in [2.24, 2.45) is 4.99 Å². The maximum atomic E-state index is 14.0. The minimum atomic E-state index is -0.741. The summed E-state index contributed by atoms with van der Waals surface area (Å²) in [5, 5.41) is 0. The highest BCUT2D eigenvalue weighted by atomic mass is 79.9. The van der Waals surface area contributed by atoms with Gasteiger partial charge in [-0.25, -0.2) is 9.79 Å². The van der Waals surface area contributed by atoms with Crippen LogP contribution in [0.5, 0.6) is 23.0 Å². The highest BCUT2D eigenvalue weighted by Gasteiger charge is 2.35. The molecule has 3 heterocycles. The van der Waals surface area contributed by atoms with E-state index in [-0.39, 0.29) is 19.0 Å². The predicted octanol–water partition coefficient (Wildman–Crippen LogP) is 4.48. The van der Waals surface area contributed by atoms with Crippen molar-refractivity contribution in [2.75, 3.05) is 27.1 Å². The molecule has 9 nitrogen and oxygen atoms in total. The molecular weight excluding hydrogens is 600 g/mol. The van der Waals surface area contributed by atoms with Crippen LogP contribution in [0.25, 0.3) is 6.08 Å². The summed E-state index contributed by atoms with van der Waals surface area (Å²) >= 11 is 4.81. The molecule has 3 aromatic rings. The average molecular weight is 630 g/mol. The van der Waals surface area contributed by atoms with Crippen LogP contribution in [-0.2, 0) is 9.53 Å². The highest BCUT2D eigenvalue weighted by molar-refractivity contribution is 9.10. The van der Waals surface area contributed by atoms with Gasteiger partial charge in [-0.2, -0.15) is 0 Å². The van der Waals surface area contributed by atoms with E-state index in [0.717, 1.165) is 12.0 Å². The van der Waals surface area contributed by atoms with E-state index in [1.165, 1.54) is 11.3 Å². The molecule has 0 saturated carbocycles. The van der Waals surface area contributed by atoms with E-state index in [4.69, 9.17) is 28.7 Å². The Kier molecular flexibility index (Phi) is 8.32. The summed E-state index contributed by atoms with van der Waals surface area (Å²) in [5.74, 6) is 1.82. The number of hydrogen-bond donors (Lipinski definition) is 0. The zero-order valence-electron chi connectivity index (χ0n) is 22.6. The predicted molar refractivity (Wildman–Crippen MR) is 154 cm³/mol. The molecule has 11 heteroatoms. The van der Waals surface area contributed by atoms with Gasteiger partial charge in [-0.15, -0.1) is 0 Å². The van der Waals surface area contributed by atoms with Gasteiger partial charge in [0, 0.05) is 0 Å². The minimum absolute atomic E-state index is 0.115. The van der Waals surface area contributed by atoms with Crippen molar-refractivity contribution in [2.45, 2.75) is 39.7 Å². The number of rotatable bonds is 9. The molecule has 1 atom stereocenters. The van der Waals surface area contributed by atoms with Crippen molar-refractivity contribution in [3.8, 4) is 23.0 Å². The fraction of sp³-hybridized carbons (Fsp3) is 0.345. The number of allylic oxidation sites excluding steroid dienone is 1. The summed E-state index contributed by atoms with van der Waals surface area (Å²) in [6.45, 7) is 6.45. The Hall–Kier alpha value is -3.57. The molecule has 0 N–H and O–H groups in total. The van der Waals surface area contributed by atoms with Gasteiger partial charge in [0.05, 0.1) is 46.6 Å². The summed E-state index contributed by atoms with van der Waals surface area (Å²) in [7, 11) is 1.57. The van der Waals surface area contributed by atoms with E-state index in [2.05, 4.69) is 15.9 Å². The van der Waals surface area contributed by atoms with Gasteiger partial charge in [0.25, 0.3) is 5.56 Å². The third-order valence-electron chi connectivity index (χ3n) is 6.44. The van der Waals surface area contributed by atoms with Gasteiger partial charge in [-0.05, 0) is 77.7 Å². The van der Waals surface area contributed by atoms with E-state index in [1.54, 1.807) is 30.7 Å². The fourth-order valence-corrected chi connectivity index (χ4v) is 6.44. The second-order valence-corrected chi connectivity index (χ2v) is 10.9. The molecule has 2 aliphatic rings. The SMILES string of the molecule is CCCC1=C(C(=O)OCC)[C@H](c2ccc3c(c2)OCO3)n2c(s/c(=C\c3cc(Br)c(OC)c(OCC)c3)c2=O)=N1. The number of ether oxygens (including phenoxy) is 5. The Bertz CT molecular complexity index is 1670. The second kappa shape index (κ2) is 11.9. The van der Waals surface area contributed by atoms with Crippen molar-refractivity contribution in [1.29, 1.82) is 0 Å². The van der Waals surface area contributed by atoms with Gasteiger partial charge < -0.3 is 23.7 Å². The number of nitrogens with zero attached hydrogens (tertiary/aromatic N) is 2.